The molecule has 20 heavy (non-hydrogen) atoms. The van der Waals surface area contributed by atoms with Gasteiger partial charge in [-0.25, -0.2) is 0 Å². The van der Waals surface area contributed by atoms with Crippen molar-refractivity contribution in [2.75, 3.05) is 0 Å². The van der Waals surface area contributed by atoms with Crippen molar-refractivity contribution in [2.45, 2.75) is 13.3 Å². The molecule has 0 saturated heterocycles. The number of rotatable bonds is 2. The summed E-state index contributed by atoms with van der Waals surface area (Å²) in [5.41, 5.74) is 2.45. The van der Waals surface area contributed by atoms with E-state index in [1.165, 1.54) is 0 Å². The fourth-order valence-corrected chi connectivity index (χ4v) is 2.45. The molecule has 0 radical (unpaired) electrons. The highest BCUT2D eigenvalue weighted by molar-refractivity contribution is 6.37. The predicted octanol–water partition coefficient (Wildman–Crippen LogP) is 4.73. The number of halogens is 1. The largest absolute Gasteiger partial charge is 0.508 e. The summed E-state index contributed by atoms with van der Waals surface area (Å²) in [6, 6.07) is 10.2. The minimum absolute atomic E-state index is 0.0640. The SMILES string of the molecule is CCc1cc(O)c(Cl)c2cc(-c3ccc(O)cc3)oc12. The Morgan fingerprint density at radius 3 is 2.45 bits per heavy atom. The van der Waals surface area contributed by atoms with E-state index in [0.29, 0.717) is 21.8 Å². The second kappa shape index (κ2) is 4.76. The lowest BCUT2D eigenvalue weighted by Crippen LogP contribution is -1.82. The second-order valence-electron chi connectivity index (χ2n) is 4.62. The summed E-state index contributed by atoms with van der Waals surface area (Å²) < 4.78 is 5.87. The lowest BCUT2D eigenvalue weighted by molar-refractivity contribution is 0.474. The van der Waals surface area contributed by atoms with Crippen molar-refractivity contribution in [2.24, 2.45) is 0 Å². The van der Waals surface area contributed by atoms with Crippen LogP contribution in [0.2, 0.25) is 5.02 Å². The van der Waals surface area contributed by atoms with Crippen LogP contribution in [0.3, 0.4) is 0 Å². The Labute approximate surface area is 121 Å². The molecule has 0 spiro atoms. The van der Waals surface area contributed by atoms with Gasteiger partial charge >= 0.3 is 0 Å². The Balaban J connectivity index is 2.24. The van der Waals surface area contributed by atoms with Crippen LogP contribution >= 0.6 is 11.6 Å². The van der Waals surface area contributed by atoms with Gasteiger partial charge in [0.15, 0.2) is 0 Å². The number of phenols is 2. The van der Waals surface area contributed by atoms with Gasteiger partial charge in [-0.15, -0.1) is 0 Å². The summed E-state index contributed by atoms with van der Waals surface area (Å²) in [6.45, 7) is 1.99. The van der Waals surface area contributed by atoms with E-state index in [9.17, 15) is 10.2 Å². The van der Waals surface area contributed by atoms with E-state index < -0.39 is 0 Å². The molecule has 0 amide bonds. The number of aryl methyl sites for hydroxylation is 1. The molecular formula is C16H13ClO3. The quantitative estimate of drug-likeness (QED) is 0.717. The molecule has 3 rings (SSSR count). The zero-order valence-electron chi connectivity index (χ0n) is 10.9. The van der Waals surface area contributed by atoms with Crippen molar-refractivity contribution in [3.63, 3.8) is 0 Å². The molecule has 3 nitrogen and oxygen atoms in total. The topological polar surface area (TPSA) is 53.6 Å². The molecule has 2 aromatic carbocycles. The summed E-state index contributed by atoms with van der Waals surface area (Å²) in [5, 5.41) is 20.2. The number of fused-ring (bicyclic) bond motifs is 1. The number of furan rings is 1. The molecule has 0 aliphatic carbocycles. The number of hydrogen-bond acceptors (Lipinski definition) is 3. The highest BCUT2D eigenvalue weighted by Crippen LogP contribution is 2.39. The van der Waals surface area contributed by atoms with Crippen molar-refractivity contribution in [1.82, 2.24) is 0 Å². The van der Waals surface area contributed by atoms with E-state index in [1.54, 1.807) is 30.3 Å². The molecule has 0 fully saturated rings. The maximum absolute atomic E-state index is 9.84. The molecule has 0 unspecified atom stereocenters. The van der Waals surface area contributed by atoms with Crippen molar-refractivity contribution in [3.8, 4) is 22.8 Å². The van der Waals surface area contributed by atoms with Crippen LogP contribution < -0.4 is 0 Å². The first-order chi connectivity index (χ1) is 9.60. The molecule has 3 aromatic rings. The van der Waals surface area contributed by atoms with Gasteiger partial charge in [0, 0.05) is 10.9 Å². The molecule has 0 aliphatic rings. The first-order valence-electron chi connectivity index (χ1n) is 6.33. The van der Waals surface area contributed by atoms with E-state index in [4.69, 9.17) is 16.0 Å². The van der Waals surface area contributed by atoms with Crippen LogP contribution in [0.15, 0.2) is 40.8 Å². The lowest BCUT2D eigenvalue weighted by Gasteiger charge is -2.02. The lowest BCUT2D eigenvalue weighted by atomic mass is 10.1. The fraction of sp³-hybridized carbons (Fsp3) is 0.125. The first kappa shape index (κ1) is 12.9. The van der Waals surface area contributed by atoms with Crippen LogP contribution in [0.1, 0.15) is 12.5 Å². The predicted molar refractivity (Wildman–Crippen MR) is 79.4 cm³/mol. The summed E-state index contributed by atoms with van der Waals surface area (Å²) in [7, 11) is 0. The van der Waals surface area contributed by atoms with Crippen molar-refractivity contribution in [3.05, 3.63) is 47.0 Å². The third-order valence-corrected chi connectivity index (χ3v) is 3.73. The number of hydrogen-bond donors (Lipinski definition) is 2. The third kappa shape index (κ3) is 2.00. The van der Waals surface area contributed by atoms with Crippen molar-refractivity contribution < 1.29 is 14.6 Å². The minimum Gasteiger partial charge on any atom is -0.508 e. The smallest absolute Gasteiger partial charge is 0.139 e. The molecule has 1 aromatic heterocycles. The molecule has 102 valence electrons. The molecule has 1 heterocycles. The highest BCUT2D eigenvalue weighted by Gasteiger charge is 2.15. The molecule has 4 heteroatoms. The summed E-state index contributed by atoms with van der Waals surface area (Å²) in [5.74, 6) is 0.922. The van der Waals surface area contributed by atoms with Gasteiger partial charge in [0.25, 0.3) is 0 Å². The van der Waals surface area contributed by atoms with Gasteiger partial charge in [-0.2, -0.15) is 0 Å². The fourth-order valence-electron chi connectivity index (χ4n) is 2.26. The summed E-state index contributed by atoms with van der Waals surface area (Å²) >= 11 is 6.13. The van der Waals surface area contributed by atoms with E-state index in [-0.39, 0.29) is 11.5 Å². The maximum Gasteiger partial charge on any atom is 0.139 e. The van der Waals surface area contributed by atoms with Crippen LogP contribution in [0.4, 0.5) is 0 Å². The molecular weight excluding hydrogens is 276 g/mol. The van der Waals surface area contributed by atoms with E-state index >= 15 is 0 Å². The Morgan fingerprint density at radius 2 is 1.80 bits per heavy atom. The van der Waals surface area contributed by atoms with Gasteiger partial charge in [-0.1, -0.05) is 18.5 Å². The molecule has 0 aliphatic heterocycles. The Kier molecular flexibility index (Phi) is 3.07. The van der Waals surface area contributed by atoms with Gasteiger partial charge in [-0.05, 0) is 48.4 Å². The summed E-state index contributed by atoms with van der Waals surface area (Å²) in [6.07, 6.45) is 0.740. The maximum atomic E-state index is 9.84. The average molecular weight is 289 g/mol. The van der Waals surface area contributed by atoms with Crippen LogP contribution in [-0.2, 0) is 6.42 Å². The number of phenolic OH excluding ortho intramolecular Hbond substituents is 2. The molecule has 0 atom stereocenters. The number of benzene rings is 2. The molecule has 0 bridgehead atoms. The van der Waals surface area contributed by atoms with Gasteiger partial charge in [0.05, 0.1) is 5.02 Å². The first-order valence-corrected chi connectivity index (χ1v) is 6.71. The second-order valence-corrected chi connectivity index (χ2v) is 5.00. The minimum atomic E-state index is 0.0640. The number of aromatic hydroxyl groups is 2. The van der Waals surface area contributed by atoms with Crippen LogP contribution in [0.25, 0.3) is 22.3 Å². The van der Waals surface area contributed by atoms with Crippen LogP contribution in [0, 0.1) is 0 Å². The highest BCUT2D eigenvalue weighted by atomic mass is 35.5. The standard InChI is InChI=1S/C16H13ClO3/c1-2-9-7-13(19)15(17)12-8-14(20-16(9)12)10-3-5-11(18)6-4-10/h3-8,18-19H,2H2,1H3. The molecule has 0 saturated carbocycles. The normalized spacial score (nSPS) is 11.1. The molecule has 2 N–H and O–H groups in total. The van der Waals surface area contributed by atoms with Gasteiger partial charge < -0.3 is 14.6 Å². The zero-order valence-corrected chi connectivity index (χ0v) is 11.6. The Morgan fingerprint density at radius 1 is 1.10 bits per heavy atom. The average Bonchev–Trinajstić information content (AvgIpc) is 2.89. The van der Waals surface area contributed by atoms with Crippen molar-refractivity contribution in [1.29, 1.82) is 0 Å². The van der Waals surface area contributed by atoms with E-state index in [0.717, 1.165) is 17.5 Å². The Hall–Kier alpha value is -2.13. The van der Waals surface area contributed by atoms with Crippen LogP contribution in [0.5, 0.6) is 11.5 Å². The summed E-state index contributed by atoms with van der Waals surface area (Å²) in [4.78, 5) is 0. The van der Waals surface area contributed by atoms with Gasteiger partial charge in [0.1, 0.15) is 22.8 Å². The van der Waals surface area contributed by atoms with Gasteiger partial charge in [-0.3, -0.25) is 0 Å². The zero-order chi connectivity index (χ0) is 14.3. The third-order valence-electron chi connectivity index (χ3n) is 3.33. The van der Waals surface area contributed by atoms with E-state index in [2.05, 4.69) is 0 Å². The monoisotopic (exact) mass is 288 g/mol. The van der Waals surface area contributed by atoms with Crippen LogP contribution in [-0.4, -0.2) is 10.2 Å². The van der Waals surface area contributed by atoms with E-state index in [1.807, 2.05) is 13.0 Å². The van der Waals surface area contributed by atoms with Gasteiger partial charge in [0.2, 0.25) is 0 Å². The van der Waals surface area contributed by atoms with Crippen molar-refractivity contribution >= 4 is 22.6 Å². The Bertz CT molecular complexity index is 773.